The highest BCUT2D eigenvalue weighted by Gasteiger charge is 2.34. The minimum Gasteiger partial charge on any atom is -0.454 e. The molecule has 1 aliphatic carbocycles. The Morgan fingerprint density at radius 2 is 1.69 bits per heavy atom. The third kappa shape index (κ3) is 5.09. The van der Waals surface area contributed by atoms with E-state index in [9.17, 15) is 13.2 Å². The number of sulfone groups is 1. The molecule has 1 amide bonds. The number of hydrogen-bond acceptors (Lipinski definition) is 5. The summed E-state index contributed by atoms with van der Waals surface area (Å²) in [6.45, 7) is 5.21. The number of carbonyl (C=O) groups is 1. The van der Waals surface area contributed by atoms with Gasteiger partial charge in [0.25, 0.3) is 5.91 Å². The summed E-state index contributed by atoms with van der Waals surface area (Å²) in [6.07, 6.45) is 4.48. The fourth-order valence-corrected chi connectivity index (χ4v) is 5.58. The highest BCUT2D eigenvalue weighted by Crippen LogP contribution is 2.36. The van der Waals surface area contributed by atoms with Gasteiger partial charge in [-0.3, -0.25) is 4.79 Å². The second-order valence-electron chi connectivity index (χ2n) is 9.22. The minimum atomic E-state index is -3.12. The molecule has 1 fully saturated rings. The molecule has 0 aromatic heterocycles. The fraction of sp³-hybridized carbons (Fsp3) is 0.480. The van der Waals surface area contributed by atoms with Gasteiger partial charge >= 0.3 is 0 Å². The summed E-state index contributed by atoms with van der Waals surface area (Å²) < 4.78 is 34.1. The first-order valence-corrected chi connectivity index (χ1v) is 13.2. The molecule has 1 saturated carbocycles. The minimum absolute atomic E-state index is 0.0282. The second kappa shape index (κ2) is 9.14. The number of benzene rings is 2. The van der Waals surface area contributed by atoms with E-state index in [2.05, 4.69) is 13.8 Å². The Morgan fingerprint density at radius 3 is 2.41 bits per heavy atom. The molecular weight excluding hydrogens is 426 g/mol. The molecule has 0 radical (unpaired) electrons. The lowest BCUT2D eigenvalue weighted by Gasteiger charge is -2.42. The first-order valence-electron chi connectivity index (χ1n) is 11.2. The van der Waals surface area contributed by atoms with Crippen LogP contribution < -0.4 is 9.47 Å². The van der Waals surface area contributed by atoms with E-state index in [1.165, 1.54) is 12.7 Å². The summed E-state index contributed by atoms with van der Waals surface area (Å²) in [5.41, 5.74) is 2.26. The van der Waals surface area contributed by atoms with Crippen LogP contribution in [0, 0.1) is 11.8 Å². The maximum absolute atomic E-state index is 13.7. The fourth-order valence-electron chi connectivity index (χ4n) is 4.78. The Hall–Kier alpha value is -2.54. The maximum atomic E-state index is 13.7. The van der Waals surface area contributed by atoms with Crippen molar-refractivity contribution in [3.8, 4) is 11.5 Å². The predicted molar refractivity (Wildman–Crippen MR) is 123 cm³/mol. The standard InChI is InChI=1S/C25H31NO5S/c1-17-5-4-6-22(18(17)2)26(14-20-9-12-23-24(13-20)31-16-30-23)25(27)21-10-7-19(8-11-21)15-32(3,28)29/h7-13,17-18,22H,4-6,14-16H2,1-3H3. The van der Waals surface area contributed by atoms with Gasteiger partial charge in [-0.05, 0) is 53.6 Å². The molecule has 172 valence electrons. The number of ether oxygens (including phenoxy) is 2. The van der Waals surface area contributed by atoms with E-state index in [0.29, 0.717) is 35.3 Å². The topological polar surface area (TPSA) is 72.9 Å². The lowest BCUT2D eigenvalue weighted by atomic mass is 9.77. The van der Waals surface area contributed by atoms with Crippen molar-refractivity contribution in [3.05, 3.63) is 59.2 Å². The summed E-state index contributed by atoms with van der Waals surface area (Å²) in [6, 6.07) is 12.9. The van der Waals surface area contributed by atoms with E-state index in [-0.39, 0.29) is 24.5 Å². The van der Waals surface area contributed by atoms with Crippen molar-refractivity contribution in [3.63, 3.8) is 0 Å². The van der Waals surface area contributed by atoms with Crippen molar-refractivity contribution < 1.29 is 22.7 Å². The van der Waals surface area contributed by atoms with Crippen LogP contribution in [0.25, 0.3) is 0 Å². The molecule has 2 aromatic carbocycles. The molecule has 32 heavy (non-hydrogen) atoms. The van der Waals surface area contributed by atoms with Gasteiger partial charge in [0, 0.05) is 24.4 Å². The lowest BCUT2D eigenvalue weighted by molar-refractivity contribution is 0.0449. The van der Waals surface area contributed by atoms with Gasteiger partial charge in [0.05, 0.1) is 5.75 Å². The molecular formula is C25H31NO5S. The van der Waals surface area contributed by atoms with Gasteiger partial charge in [-0.1, -0.05) is 44.9 Å². The average molecular weight is 458 g/mol. The Labute approximate surface area is 190 Å². The molecule has 7 heteroatoms. The number of rotatable bonds is 6. The molecule has 6 nitrogen and oxygen atoms in total. The van der Waals surface area contributed by atoms with Crippen molar-refractivity contribution in [1.29, 1.82) is 0 Å². The average Bonchev–Trinajstić information content (AvgIpc) is 3.21. The van der Waals surface area contributed by atoms with Gasteiger partial charge in [0.15, 0.2) is 21.3 Å². The molecule has 1 aliphatic heterocycles. The predicted octanol–water partition coefficient (Wildman–Crippen LogP) is 4.43. The molecule has 0 N–H and O–H groups in total. The maximum Gasteiger partial charge on any atom is 0.254 e. The van der Waals surface area contributed by atoms with Crippen LogP contribution in [0.1, 0.15) is 54.6 Å². The number of fused-ring (bicyclic) bond motifs is 1. The summed E-state index contributed by atoms with van der Waals surface area (Å²) >= 11 is 0. The first kappa shape index (κ1) is 22.6. The number of carbonyl (C=O) groups excluding carboxylic acids is 1. The number of hydrogen-bond donors (Lipinski definition) is 0. The Bertz CT molecular complexity index is 1080. The normalized spacial score (nSPS) is 22.5. The molecule has 1 heterocycles. The molecule has 2 aliphatic rings. The Morgan fingerprint density at radius 1 is 1.00 bits per heavy atom. The van der Waals surface area contributed by atoms with Crippen molar-refractivity contribution in [1.82, 2.24) is 4.90 Å². The summed E-state index contributed by atoms with van der Waals surface area (Å²) in [4.78, 5) is 15.7. The van der Waals surface area contributed by atoms with Crippen LogP contribution in [-0.2, 0) is 22.1 Å². The Kier molecular flexibility index (Phi) is 6.47. The zero-order valence-corrected chi connectivity index (χ0v) is 19.7. The van der Waals surface area contributed by atoms with Gasteiger partial charge in [-0.2, -0.15) is 0 Å². The Balaban J connectivity index is 1.61. The van der Waals surface area contributed by atoms with Crippen LogP contribution in [0.4, 0.5) is 0 Å². The van der Waals surface area contributed by atoms with E-state index in [1.54, 1.807) is 24.3 Å². The summed E-state index contributed by atoms with van der Waals surface area (Å²) in [5, 5.41) is 0. The highest BCUT2D eigenvalue weighted by molar-refractivity contribution is 7.89. The molecule has 4 rings (SSSR count). The smallest absolute Gasteiger partial charge is 0.254 e. The van der Waals surface area contributed by atoms with Crippen LogP contribution in [0.15, 0.2) is 42.5 Å². The van der Waals surface area contributed by atoms with E-state index >= 15 is 0 Å². The van der Waals surface area contributed by atoms with Crippen LogP contribution in [0.2, 0.25) is 0 Å². The lowest BCUT2D eigenvalue weighted by Crippen LogP contribution is -2.46. The summed E-state index contributed by atoms with van der Waals surface area (Å²) in [7, 11) is -3.12. The van der Waals surface area contributed by atoms with Gasteiger partial charge in [-0.25, -0.2) is 8.42 Å². The zero-order chi connectivity index (χ0) is 22.9. The number of nitrogens with zero attached hydrogens (tertiary/aromatic N) is 1. The largest absolute Gasteiger partial charge is 0.454 e. The first-order chi connectivity index (χ1) is 15.2. The van der Waals surface area contributed by atoms with E-state index in [4.69, 9.17) is 9.47 Å². The van der Waals surface area contributed by atoms with Crippen molar-refractivity contribution in [2.45, 2.75) is 51.4 Å². The highest BCUT2D eigenvalue weighted by atomic mass is 32.2. The van der Waals surface area contributed by atoms with Crippen LogP contribution in [0.3, 0.4) is 0 Å². The van der Waals surface area contributed by atoms with Crippen LogP contribution in [-0.4, -0.2) is 38.3 Å². The number of amides is 1. The van der Waals surface area contributed by atoms with Gasteiger partial charge < -0.3 is 14.4 Å². The molecule has 0 spiro atoms. The quantitative estimate of drug-likeness (QED) is 0.642. The van der Waals surface area contributed by atoms with E-state index in [0.717, 1.165) is 24.2 Å². The third-order valence-electron chi connectivity index (χ3n) is 6.74. The molecule has 0 bridgehead atoms. The molecule has 0 saturated heterocycles. The third-order valence-corrected chi connectivity index (χ3v) is 7.60. The summed E-state index contributed by atoms with van der Waals surface area (Å²) in [5.74, 6) is 2.33. The monoisotopic (exact) mass is 457 g/mol. The SMILES string of the molecule is CC1CCCC(N(Cc2ccc3c(c2)OCO3)C(=O)c2ccc(CS(C)(=O)=O)cc2)C1C. The second-order valence-corrected chi connectivity index (χ2v) is 11.4. The van der Waals surface area contributed by atoms with Gasteiger partial charge in [0.1, 0.15) is 0 Å². The van der Waals surface area contributed by atoms with E-state index < -0.39 is 9.84 Å². The molecule has 2 aromatic rings. The van der Waals surface area contributed by atoms with Crippen LogP contribution in [0.5, 0.6) is 11.5 Å². The molecule has 3 atom stereocenters. The van der Waals surface area contributed by atoms with Crippen molar-refractivity contribution >= 4 is 15.7 Å². The van der Waals surface area contributed by atoms with Gasteiger partial charge in [0.2, 0.25) is 6.79 Å². The van der Waals surface area contributed by atoms with Crippen molar-refractivity contribution in [2.75, 3.05) is 13.0 Å². The zero-order valence-electron chi connectivity index (χ0n) is 18.9. The van der Waals surface area contributed by atoms with E-state index in [1.807, 2.05) is 23.1 Å². The van der Waals surface area contributed by atoms with Crippen LogP contribution >= 0.6 is 0 Å². The van der Waals surface area contributed by atoms with Crippen molar-refractivity contribution in [2.24, 2.45) is 11.8 Å². The van der Waals surface area contributed by atoms with Gasteiger partial charge in [-0.15, -0.1) is 0 Å². The molecule has 3 unspecified atom stereocenters.